The number of allylic oxidation sites excluding steroid dienone is 5. The summed E-state index contributed by atoms with van der Waals surface area (Å²) >= 11 is 0. The molecule has 0 unspecified atom stereocenters. The van der Waals surface area contributed by atoms with Crippen LogP contribution in [0.15, 0.2) is 75.8 Å². The van der Waals surface area contributed by atoms with Crippen molar-refractivity contribution in [3.05, 3.63) is 82.9 Å². The molecule has 1 aromatic carbocycles. The van der Waals surface area contributed by atoms with E-state index >= 15 is 0 Å². The third-order valence-electron chi connectivity index (χ3n) is 5.21. The number of carbonyl (C=O) groups is 1. The molecular weight excluding hydrogens is 348 g/mol. The van der Waals surface area contributed by atoms with Crippen molar-refractivity contribution >= 4 is 12.0 Å². The van der Waals surface area contributed by atoms with Crippen LogP contribution in [0.5, 0.6) is 5.75 Å². The second-order valence-electron chi connectivity index (χ2n) is 8.06. The zero-order valence-electron chi connectivity index (χ0n) is 17.1. The molecule has 0 spiro atoms. The summed E-state index contributed by atoms with van der Waals surface area (Å²) < 4.78 is 11.0. The summed E-state index contributed by atoms with van der Waals surface area (Å²) in [7, 11) is 0. The van der Waals surface area contributed by atoms with Gasteiger partial charge in [0.05, 0.1) is 0 Å². The summed E-state index contributed by atoms with van der Waals surface area (Å²) in [6.45, 7) is 8.89. The van der Waals surface area contributed by atoms with E-state index in [9.17, 15) is 4.79 Å². The van der Waals surface area contributed by atoms with Crippen molar-refractivity contribution in [1.29, 1.82) is 0 Å². The molecule has 1 heterocycles. The maximum Gasteiger partial charge on any atom is 0.379 e. The SMILES string of the molecule is CC1=C(/C=C/C(C)=C/c2ccc(C(=O)Oc3ccccc3)o2)C(C)(C)CCC1. The van der Waals surface area contributed by atoms with E-state index in [1.807, 2.05) is 31.2 Å². The summed E-state index contributed by atoms with van der Waals surface area (Å²) in [5.74, 6) is 0.831. The van der Waals surface area contributed by atoms with Crippen molar-refractivity contribution in [2.75, 3.05) is 0 Å². The largest absolute Gasteiger partial charge is 0.450 e. The van der Waals surface area contributed by atoms with Gasteiger partial charge in [-0.25, -0.2) is 4.79 Å². The number of hydrogen-bond acceptors (Lipinski definition) is 3. The van der Waals surface area contributed by atoms with Gasteiger partial charge in [0, 0.05) is 0 Å². The predicted octanol–water partition coefficient (Wildman–Crippen LogP) is 6.98. The van der Waals surface area contributed by atoms with Gasteiger partial charge in [0.1, 0.15) is 11.5 Å². The summed E-state index contributed by atoms with van der Waals surface area (Å²) in [6, 6.07) is 12.4. The minimum atomic E-state index is -0.496. The van der Waals surface area contributed by atoms with Crippen LogP contribution in [-0.2, 0) is 0 Å². The lowest BCUT2D eigenvalue weighted by Crippen LogP contribution is -2.19. The number of ether oxygens (including phenoxy) is 1. The summed E-state index contributed by atoms with van der Waals surface area (Å²) in [5, 5.41) is 0. The van der Waals surface area contributed by atoms with Crippen LogP contribution in [0.25, 0.3) is 6.08 Å². The Balaban J connectivity index is 1.69. The van der Waals surface area contributed by atoms with Gasteiger partial charge in [-0.1, -0.05) is 49.8 Å². The molecule has 1 aromatic heterocycles. The molecule has 1 aliphatic carbocycles. The fourth-order valence-corrected chi connectivity index (χ4v) is 3.68. The number of rotatable bonds is 5. The monoisotopic (exact) mass is 376 g/mol. The first-order valence-corrected chi connectivity index (χ1v) is 9.79. The summed E-state index contributed by atoms with van der Waals surface area (Å²) in [6.07, 6.45) is 9.94. The van der Waals surface area contributed by atoms with E-state index in [4.69, 9.17) is 9.15 Å². The van der Waals surface area contributed by atoms with Crippen LogP contribution in [0, 0.1) is 5.41 Å². The van der Waals surface area contributed by atoms with Crippen molar-refractivity contribution in [2.24, 2.45) is 5.41 Å². The molecule has 0 bridgehead atoms. The minimum absolute atomic E-state index is 0.193. The molecule has 146 valence electrons. The molecule has 28 heavy (non-hydrogen) atoms. The Morgan fingerprint density at radius 1 is 1.14 bits per heavy atom. The lowest BCUT2D eigenvalue weighted by molar-refractivity contribution is 0.0701. The highest BCUT2D eigenvalue weighted by Gasteiger charge is 2.26. The zero-order valence-corrected chi connectivity index (χ0v) is 17.1. The molecule has 0 amide bonds. The average molecular weight is 376 g/mol. The average Bonchev–Trinajstić information content (AvgIpc) is 3.10. The summed E-state index contributed by atoms with van der Waals surface area (Å²) in [5.41, 5.74) is 4.19. The fraction of sp³-hybridized carbons (Fsp3) is 0.320. The minimum Gasteiger partial charge on any atom is -0.450 e. The zero-order chi connectivity index (χ0) is 20.1. The van der Waals surface area contributed by atoms with Gasteiger partial charge in [0.2, 0.25) is 5.76 Å². The second-order valence-corrected chi connectivity index (χ2v) is 8.06. The van der Waals surface area contributed by atoms with E-state index in [1.54, 1.807) is 24.3 Å². The summed E-state index contributed by atoms with van der Waals surface area (Å²) in [4.78, 5) is 12.2. The van der Waals surface area contributed by atoms with Gasteiger partial charge in [0.15, 0.2) is 0 Å². The van der Waals surface area contributed by atoms with E-state index in [1.165, 1.54) is 30.4 Å². The highest BCUT2D eigenvalue weighted by atomic mass is 16.5. The maximum absolute atomic E-state index is 12.2. The molecule has 3 nitrogen and oxygen atoms in total. The molecule has 2 aromatic rings. The lowest BCUT2D eigenvalue weighted by atomic mass is 9.72. The molecule has 1 aliphatic rings. The second kappa shape index (κ2) is 8.47. The Hall–Kier alpha value is -2.81. The highest BCUT2D eigenvalue weighted by Crippen LogP contribution is 2.40. The molecular formula is C25H28O3. The standard InChI is InChI=1S/C25H28O3/c1-18(12-14-22-19(2)9-8-16-25(22,3)4)17-21-13-15-23(27-21)24(26)28-20-10-6-5-7-11-20/h5-7,10-15,17H,8-9,16H2,1-4H3/b14-12+,18-17+. The van der Waals surface area contributed by atoms with Crippen LogP contribution in [0.3, 0.4) is 0 Å². The Morgan fingerprint density at radius 2 is 1.89 bits per heavy atom. The van der Waals surface area contributed by atoms with Crippen LogP contribution in [0.2, 0.25) is 0 Å². The van der Waals surface area contributed by atoms with Gasteiger partial charge in [-0.05, 0) is 80.0 Å². The normalized spacial score (nSPS) is 17.2. The van der Waals surface area contributed by atoms with Crippen LogP contribution in [0.1, 0.15) is 63.3 Å². The van der Waals surface area contributed by atoms with E-state index < -0.39 is 5.97 Å². The number of para-hydroxylation sites is 1. The molecule has 3 rings (SSSR count). The van der Waals surface area contributed by atoms with Gasteiger partial charge in [-0.15, -0.1) is 0 Å². The number of esters is 1. The van der Waals surface area contributed by atoms with E-state index in [2.05, 4.69) is 32.9 Å². The molecule has 0 fully saturated rings. The van der Waals surface area contributed by atoms with Crippen molar-refractivity contribution in [3.8, 4) is 5.75 Å². The predicted molar refractivity (Wildman–Crippen MR) is 113 cm³/mol. The van der Waals surface area contributed by atoms with Gasteiger partial charge in [0.25, 0.3) is 0 Å². The van der Waals surface area contributed by atoms with Crippen LogP contribution in [-0.4, -0.2) is 5.97 Å². The van der Waals surface area contributed by atoms with Gasteiger partial charge in [-0.3, -0.25) is 0 Å². The third-order valence-corrected chi connectivity index (χ3v) is 5.21. The molecule has 3 heteroatoms. The molecule has 0 N–H and O–H groups in total. The topological polar surface area (TPSA) is 39.4 Å². The van der Waals surface area contributed by atoms with Gasteiger partial charge < -0.3 is 9.15 Å². The first-order chi connectivity index (χ1) is 13.3. The Morgan fingerprint density at radius 3 is 2.61 bits per heavy atom. The Kier molecular flexibility index (Phi) is 6.03. The van der Waals surface area contributed by atoms with Crippen LogP contribution < -0.4 is 4.74 Å². The Bertz CT molecular complexity index is 924. The van der Waals surface area contributed by atoms with Crippen molar-refractivity contribution in [1.82, 2.24) is 0 Å². The third kappa shape index (κ3) is 4.92. The van der Waals surface area contributed by atoms with Gasteiger partial charge in [-0.2, -0.15) is 0 Å². The Labute approximate surface area is 167 Å². The van der Waals surface area contributed by atoms with Crippen molar-refractivity contribution in [3.63, 3.8) is 0 Å². The van der Waals surface area contributed by atoms with Gasteiger partial charge >= 0.3 is 5.97 Å². The fourth-order valence-electron chi connectivity index (χ4n) is 3.68. The van der Waals surface area contributed by atoms with Crippen LogP contribution >= 0.6 is 0 Å². The van der Waals surface area contributed by atoms with E-state index in [0.29, 0.717) is 11.5 Å². The van der Waals surface area contributed by atoms with E-state index in [-0.39, 0.29) is 11.2 Å². The molecule has 0 aliphatic heterocycles. The van der Waals surface area contributed by atoms with E-state index in [0.717, 1.165) is 5.57 Å². The van der Waals surface area contributed by atoms with Crippen molar-refractivity contribution in [2.45, 2.75) is 47.0 Å². The molecule has 0 saturated carbocycles. The quantitative estimate of drug-likeness (QED) is 0.321. The molecule has 0 atom stereocenters. The first kappa shape index (κ1) is 19.9. The number of carbonyl (C=O) groups excluding carboxylic acids is 1. The number of benzene rings is 1. The highest BCUT2D eigenvalue weighted by molar-refractivity contribution is 5.88. The molecule has 0 saturated heterocycles. The lowest BCUT2D eigenvalue weighted by Gasteiger charge is -2.32. The maximum atomic E-state index is 12.2. The van der Waals surface area contributed by atoms with Crippen LogP contribution in [0.4, 0.5) is 0 Å². The molecule has 0 radical (unpaired) electrons. The van der Waals surface area contributed by atoms with Crippen molar-refractivity contribution < 1.29 is 13.9 Å². The smallest absolute Gasteiger partial charge is 0.379 e. The number of hydrogen-bond donors (Lipinski definition) is 0. The number of furan rings is 1. The first-order valence-electron chi connectivity index (χ1n) is 9.79.